The van der Waals surface area contributed by atoms with E-state index >= 15 is 0 Å². The zero-order chi connectivity index (χ0) is 11.3. The maximum atomic E-state index is 10.3. The summed E-state index contributed by atoms with van der Waals surface area (Å²) in [6.45, 7) is 3.41. The summed E-state index contributed by atoms with van der Waals surface area (Å²) in [6, 6.07) is 1.31. The zero-order valence-corrected chi connectivity index (χ0v) is 8.46. The normalized spacial score (nSPS) is 12.7. The molecule has 1 atom stereocenters. The standard InChI is InChI=1S/C8H14N4O3/c1-2-9-5-7(13)6-11-4-3-8(10-11)12(14)15/h3-4,7,9,13H,2,5-6H2,1H3. The van der Waals surface area contributed by atoms with Crippen LogP contribution in [0.5, 0.6) is 0 Å². The monoisotopic (exact) mass is 214 g/mol. The molecule has 2 N–H and O–H groups in total. The van der Waals surface area contributed by atoms with Crippen LogP contribution in [0.2, 0.25) is 0 Å². The smallest absolute Gasteiger partial charge is 0.389 e. The van der Waals surface area contributed by atoms with Crippen LogP contribution < -0.4 is 5.32 Å². The van der Waals surface area contributed by atoms with Gasteiger partial charge in [0.05, 0.1) is 30.0 Å². The summed E-state index contributed by atoms with van der Waals surface area (Å²) < 4.78 is 1.36. The van der Waals surface area contributed by atoms with Gasteiger partial charge in [0.15, 0.2) is 0 Å². The van der Waals surface area contributed by atoms with Gasteiger partial charge in [-0.2, -0.15) is 4.68 Å². The van der Waals surface area contributed by atoms with E-state index in [1.165, 1.54) is 16.9 Å². The molecule has 7 heteroatoms. The molecule has 0 radical (unpaired) electrons. The molecule has 1 rings (SSSR count). The maximum Gasteiger partial charge on any atom is 0.389 e. The Morgan fingerprint density at radius 2 is 2.53 bits per heavy atom. The van der Waals surface area contributed by atoms with E-state index in [1.807, 2.05) is 6.92 Å². The fourth-order valence-electron chi connectivity index (χ4n) is 1.14. The average molecular weight is 214 g/mol. The molecule has 0 aliphatic rings. The van der Waals surface area contributed by atoms with Crippen LogP contribution in [-0.2, 0) is 6.54 Å². The van der Waals surface area contributed by atoms with Crippen molar-refractivity contribution in [3.05, 3.63) is 22.4 Å². The van der Waals surface area contributed by atoms with Gasteiger partial charge in [0.25, 0.3) is 0 Å². The fraction of sp³-hybridized carbons (Fsp3) is 0.625. The van der Waals surface area contributed by atoms with Gasteiger partial charge < -0.3 is 20.5 Å². The molecule has 0 saturated heterocycles. The van der Waals surface area contributed by atoms with Crippen molar-refractivity contribution in [1.29, 1.82) is 0 Å². The van der Waals surface area contributed by atoms with Gasteiger partial charge in [-0.25, -0.2) is 0 Å². The van der Waals surface area contributed by atoms with E-state index in [0.717, 1.165) is 6.54 Å². The fourth-order valence-corrected chi connectivity index (χ4v) is 1.14. The molecule has 0 fully saturated rings. The molecule has 0 aromatic carbocycles. The first-order chi connectivity index (χ1) is 7.13. The van der Waals surface area contributed by atoms with E-state index < -0.39 is 11.0 Å². The Balaban J connectivity index is 2.46. The quantitative estimate of drug-likeness (QED) is 0.503. The van der Waals surface area contributed by atoms with Crippen molar-refractivity contribution in [1.82, 2.24) is 15.1 Å². The topological polar surface area (TPSA) is 93.2 Å². The third-order valence-electron chi connectivity index (χ3n) is 1.84. The second-order valence-corrected chi connectivity index (χ2v) is 3.11. The van der Waals surface area contributed by atoms with Crippen molar-refractivity contribution in [3.63, 3.8) is 0 Å². The van der Waals surface area contributed by atoms with Gasteiger partial charge in [-0.1, -0.05) is 6.92 Å². The third kappa shape index (κ3) is 3.64. The van der Waals surface area contributed by atoms with Crippen molar-refractivity contribution in [2.45, 2.75) is 19.6 Å². The minimum absolute atomic E-state index is 0.203. The molecule has 1 aromatic heterocycles. The van der Waals surface area contributed by atoms with Crippen molar-refractivity contribution < 1.29 is 10.0 Å². The number of nitro groups is 1. The number of nitrogens with zero attached hydrogens (tertiary/aromatic N) is 3. The van der Waals surface area contributed by atoms with Gasteiger partial charge in [0.2, 0.25) is 0 Å². The van der Waals surface area contributed by atoms with E-state index in [-0.39, 0.29) is 12.4 Å². The highest BCUT2D eigenvalue weighted by atomic mass is 16.6. The van der Waals surface area contributed by atoms with Crippen LogP contribution in [0.3, 0.4) is 0 Å². The molecule has 0 spiro atoms. The molecule has 0 amide bonds. The van der Waals surface area contributed by atoms with Gasteiger partial charge in [0.1, 0.15) is 0 Å². The van der Waals surface area contributed by atoms with Gasteiger partial charge in [-0.15, -0.1) is 0 Å². The molecule has 1 heterocycles. The lowest BCUT2D eigenvalue weighted by atomic mass is 10.3. The number of nitrogens with one attached hydrogen (secondary N) is 1. The number of hydrogen-bond acceptors (Lipinski definition) is 5. The van der Waals surface area contributed by atoms with Crippen molar-refractivity contribution >= 4 is 5.82 Å². The number of aliphatic hydroxyl groups excluding tert-OH is 1. The van der Waals surface area contributed by atoms with Crippen LogP contribution >= 0.6 is 0 Å². The molecular weight excluding hydrogens is 200 g/mol. The Labute approximate surface area is 86.9 Å². The summed E-state index contributed by atoms with van der Waals surface area (Å²) >= 11 is 0. The van der Waals surface area contributed by atoms with E-state index in [1.54, 1.807) is 0 Å². The van der Waals surface area contributed by atoms with Crippen LogP contribution in [0.15, 0.2) is 12.3 Å². The first-order valence-electron chi connectivity index (χ1n) is 4.70. The molecule has 15 heavy (non-hydrogen) atoms. The highest BCUT2D eigenvalue weighted by Gasteiger charge is 2.13. The minimum Gasteiger partial charge on any atom is -0.390 e. The largest absolute Gasteiger partial charge is 0.390 e. The number of hydrogen-bond donors (Lipinski definition) is 2. The maximum absolute atomic E-state index is 10.3. The Hall–Kier alpha value is -1.47. The van der Waals surface area contributed by atoms with E-state index in [9.17, 15) is 15.2 Å². The lowest BCUT2D eigenvalue weighted by molar-refractivity contribution is -0.389. The van der Waals surface area contributed by atoms with E-state index in [2.05, 4.69) is 10.4 Å². The SMILES string of the molecule is CCNCC(O)Cn1ccc([N+](=O)[O-])n1. The molecule has 1 unspecified atom stereocenters. The molecule has 0 bridgehead atoms. The van der Waals surface area contributed by atoms with Crippen LogP contribution in [0, 0.1) is 10.1 Å². The molecular formula is C8H14N4O3. The highest BCUT2D eigenvalue weighted by molar-refractivity contribution is 5.13. The summed E-state index contributed by atoms with van der Waals surface area (Å²) in [5.74, 6) is -0.203. The van der Waals surface area contributed by atoms with E-state index in [4.69, 9.17) is 0 Å². The Morgan fingerprint density at radius 3 is 3.07 bits per heavy atom. The summed E-state index contributed by atoms with van der Waals surface area (Å²) in [4.78, 5) is 9.76. The van der Waals surface area contributed by atoms with Crippen molar-refractivity contribution in [2.24, 2.45) is 0 Å². The number of aromatic nitrogens is 2. The van der Waals surface area contributed by atoms with E-state index in [0.29, 0.717) is 6.54 Å². The summed E-state index contributed by atoms with van der Waals surface area (Å²) in [5.41, 5.74) is 0. The molecule has 1 aromatic rings. The lowest BCUT2D eigenvalue weighted by Crippen LogP contribution is -2.30. The minimum atomic E-state index is -0.593. The average Bonchev–Trinajstić information content (AvgIpc) is 2.63. The molecule has 7 nitrogen and oxygen atoms in total. The number of likely N-dealkylation sites (N-methyl/N-ethyl adjacent to an activating group) is 1. The number of rotatable bonds is 6. The Bertz CT molecular complexity index is 325. The highest BCUT2D eigenvalue weighted by Crippen LogP contribution is 2.05. The van der Waals surface area contributed by atoms with Crippen LogP contribution in [0.25, 0.3) is 0 Å². The number of aliphatic hydroxyl groups is 1. The third-order valence-corrected chi connectivity index (χ3v) is 1.84. The predicted molar refractivity (Wildman–Crippen MR) is 53.4 cm³/mol. The second kappa shape index (κ2) is 5.42. The van der Waals surface area contributed by atoms with Gasteiger partial charge in [-0.3, -0.25) is 0 Å². The first kappa shape index (κ1) is 11.6. The van der Waals surface area contributed by atoms with Crippen molar-refractivity contribution in [3.8, 4) is 0 Å². The van der Waals surface area contributed by atoms with Crippen molar-refractivity contribution in [2.75, 3.05) is 13.1 Å². The Morgan fingerprint density at radius 1 is 1.80 bits per heavy atom. The molecule has 0 saturated carbocycles. The molecule has 84 valence electrons. The van der Waals surface area contributed by atoms with Crippen LogP contribution in [0.4, 0.5) is 5.82 Å². The Kier molecular flexibility index (Phi) is 4.19. The van der Waals surface area contributed by atoms with Gasteiger partial charge >= 0.3 is 5.82 Å². The molecule has 0 aliphatic carbocycles. The first-order valence-corrected chi connectivity index (χ1v) is 4.70. The zero-order valence-electron chi connectivity index (χ0n) is 8.46. The lowest BCUT2D eigenvalue weighted by Gasteiger charge is -2.08. The van der Waals surface area contributed by atoms with Crippen LogP contribution in [-0.4, -0.2) is 39.0 Å². The summed E-state index contributed by atoms with van der Waals surface area (Å²) in [6.07, 6.45) is 0.886. The second-order valence-electron chi connectivity index (χ2n) is 3.11. The van der Waals surface area contributed by atoms with Gasteiger partial charge in [0, 0.05) is 6.54 Å². The summed E-state index contributed by atoms with van der Waals surface area (Å²) in [7, 11) is 0. The molecule has 0 aliphatic heterocycles. The van der Waals surface area contributed by atoms with Gasteiger partial charge in [-0.05, 0) is 11.5 Å². The summed E-state index contributed by atoms with van der Waals surface area (Å²) in [5, 5.41) is 26.5. The van der Waals surface area contributed by atoms with Crippen LogP contribution in [0.1, 0.15) is 6.92 Å². The predicted octanol–water partition coefficient (Wildman–Crippen LogP) is -0.238.